The predicted molar refractivity (Wildman–Crippen MR) is 120 cm³/mol. The van der Waals surface area contributed by atoms with Gasteiger partial charge in [0.05, 0.1) is 17.3 Å². The van der Waals surface area contributed by atoms with Crippen molar-refractivity contribution in [3.05, 3.63) is 51.6 Å². The van der Waals surface area contributed by atoms with Gasteiger partial charge in [-0.1, -0.05) is 6.07 Å². The van der Waals surface area contributed by atoms with E-state index < -0.39 is 18.4 Å². The summed E-state index contributed by atoms with van der Waals surface area (Å²) in [7, 11) is 0. The maximum absolute atomic E-state index is 12.8. The van der Waals surface area contributed by atoms with Crippen molar-refractivity contribution in [2.75, 3.05) is 18.0 Å². The molecule has 0 radical (unpaired) electrons. The summed E-state index contributed by atoms with van der Waals surface area (Å²) in [6, 6.07) is 7.47. The number of fused-ring (bicyclic) bond motifs is 2. The average Bonchev–Trinajstić information content (AvgIpc) is 3.40. The van der Waals surface area contributed by atoms with Gasteiger partial charge in [-0.15, -0.1) is 11.3 Å². The third kappa shape index (κ3) is 3.90. The third-order valence-electron chi connectivity index (χ3n) is 6.90. The van der Waals surface area contributed by atoms with Crippen molar-refractivity contribution in [3.8, 4) is 0 Å². The van der Waals surface area contributed by atoms with Crippen molar-refractivity contribution >= 4 is 38.5 Å². The zero-order valence-electron chi connectivity index (χ0n) is 17.6. The van der Waals surface area contributed by atoms with Crippen LogP contribution in [-0.2, 0) is 12.8 Å². The molecule has 33 heavy (non-hydrogen) atoms. The molecule has 1 saturated heterocycles. The van der Waals surface area contributed by atoms with Gasteiger partial charge in [-0.05, 0) is 55.4 Å². The molecule has 0 unspecified atom stereocenters. The molecule has 4 aromatic rings. The van der Waals surface area contributed by atoms with Gasteiger partial charge in [0.1, 0.15) is 17.0 Å². The normalized spacial score (nSPS) is 20.2. The van der Waals surface area contributed by atoms with Gasteiger partial charge >= 0.3 is 11.9 Å². The molecule has 10 heteroatoms. The van der Waals surface area contributed by atoms with Gasteiger partial charge in [0.25, 0.3) is 0 Å². The maximum atomic E-state index is 12.8. The van der Waals surface area contributed by atoms with Crippen molar-refractivity contribution in [1.82, 2.24) is 15.0 Å². The molecule has 0 amide bonds. The Kier molecular flexibility index (Phi) is 4.59. The molecule has 1 N–H and O–H groups in total. The lowest BCUT2D eigenvalue weighted by Crippen LogP contribution is -2.55. The molecule has 0 bridgehead atoms. The number of nitrogens with zero attached hydrogens (tertiary/aromatic N) is 3. The molecule has 1 spiro atoms. The van der Waals surface area contributed by atoms with E-state index in [-0.39, 0.29) is 10.3 Å². The minimum Gasteiger partial charge on any atom is -0.408 e. The number of nitrogens with one attached hydrogen (secondary N) is 1. The summed E-state index contributed by atoms with van der Waals surface area (Å²) in [5.74, 6) is 0.860. The zero-order chi connectivity index (χ0) is 22.8. The monoisotopic (exact) mass is 474 g/mol. The van der Waals surface area contributed by atoms with E-state index in [1.807, 2.05) is 18.2 Å². The number of oxazole rings is 1. The van der Waals surface area contributed by atoms with E-state index in [1.54, 1.807) is 6.07 Å². The van der Waals surface area contributed by atoms with Crippen LogP contribution in [0.2, 0.25) is 0 Å². The van der Waals surface area contributed by atoms with Gasteiger partial charge in [-0.25, -0.2) is 14.8 Å². The summed E-state index contributed by atoms with van der Waals surface area (Å²) in [5, 5.41) is 0.715. The molecule has 6 nitrogen and oxygen atoms in total. The Morgan fingerprint density at radius 3 is 2.91 bits per heavy atom. The first-order valence-electron chi connectivity index (χ1n) is 10.9. The molecule has 2 fully saturated rings. The molecule has 3 aromatic heterocycles. The number of benzene rings is 1. The number of rotatable bonds is 4. The summed E-state index contributed by atoms with van der Waals surface area (Å²) in [6.45, 7) is 1.73. The molecule has 1 atom stereocenters. The number of halogens is 3. The molecule has 1 saturated carbocycles. The van der Waals surface area contributed by atoms with E-state index in [1.165, 1.54) is 6.33 Å². The van der Waals surface area contributed by atoms with Crippen molar-refractivity contribution in [1.29, 1.82) is 0 Å². The summed E-state index contributed by atoms with van der Waals surface area (Å²) in [6.07, 6.45) is 0.598. The van der Waals surface area contributed by atoms with Gasteiger partial charge < -0.3 is 9.32 Å². The Hall–Kier alpha value is -2.88. The summed E-state index contributed by atoms with van der Waals surface area (Å²) in [4.78, 5) is 25.7. The van der Waals surface area contributed by atoms with Gasteiger partial charge in [-0.2, -0.15) is 13.2 Å². The van der Waals surface area contributed by atoms with Crippen LogP contribution in [0.25, 0.3) is 21.3 Å². The second-order valence-electron chi connectivity index (χ2n) is 9.43. The Labute approximate surface area is 190 Å². The number of alkyl halides is 3. The topological polar surface area (TPSA) is 75.0 Å². The van der Waals surface area contributed by atoms with Crippen LogP contribution < -0.4 is 10.7 Å². The van der Waals surface area contributed by atoms with Crippen LogP contribution in [0.15, 0.2) is 39.8 Å². The minimum absolute atomic E-state index is 0.234. The van der Waals surface area contributed by atoms with Crippen LogP contribution in [0.4, 0.5) is 19.0 Å². The van der Waals surface area contributed by atoms with E-state index in [2.05, 4.69) is 19.9 Å². The van der Waals surface area contributed by atoms with E-state index in [0.717, 1.165) is 61.5 Å². The third-order valence-corrected chi connectivity index (χ3v) is 7.94. The van der Waals surface area contributed by atoms with E-state index in [0.29, 0.717) is 27.2 Å². The van der Waals surface area contributed by atoms with Crippen molar-refractivity contribution in [2.24, 2.45) is 11.3 Å². The van der Waals surface area contributed by atoms with Crippen LogP contribution in [0, 0.1) is 11.3 Å². The second-order valence-corrected chi connectivity index (χ2v) is 10.6. The molecular weight excluding hydrogens is 453 g/mol. The van der Waals surface area contributed by atoms with Gasteiger partial charge in [0.15, 0.2) is 5.58 Å². The fourth-order valence-corrected chi connectivity index (χ4v) is 6.60. The van der Waals surface area contributed by atoms with Crippen molar-refractivity contribution in [3.63, 3.8) is 0 Å². The molecule has 1 aliphatic carbocycles. The predicted octanol–water partition coefficient (Wildman–Crippen LogP) is 5.08. The highest BCUT2D eigenvalue weighted by Crippen LogP contribution is 2.51. The number of hydrogen-bond acceptors (Lipinski definition) is 6. The Balaban J connectivity index is 1.14. The Bertz CT molecular complexity index is 1400. The Morgan fingerprint density at radius 2 is 2.09 bits per heavy atom. The maximum Gasteiger partial charge on any atom is 0.417 e. The largest absolute Gasteiger partial charge is 0.417 e. The van der Waals surface area contributed by atoms with Crippen LogP contribution in [0.1, 0.15) is 29.7 Å². The average molecular weight is 475 g/mol. The smallest absolute Gasteiger partial charge is 0.408 e. The number of aromatic nitrogens is 3. The highest BCUT2D eigenvalue weighted by atomic mass is 32.1. The molecular formula is C23H21F3N4O2S. The van der Waals surface area contributed by atoms with Gasteiger partial charge in [0, 0.05) is 23.4 Å². The molecule has 172 valence electrons. The lowest BCUT2D eigenvalue weighted by molar-refractivity contribution is -0.126. The van der Waals surface area contributed by atoms with Crippen molar-refractivity contribution < 1.29 is 17.6 Å². The van der Waals surface area contributed by atoms with E-state index >= 15 is 0 Å². The quantitative estimate of drug-likeness (QED) is 0.447. The first kappa shape index (κ1) is 20.7. The number of anilines is 1. The molecule has 2 aliphatic rings. The van der Waals surface area contributed by atoms with Gasteiger partial charge in [-0.3, -0.25) is 4.98 Å². The molecule has 1 aromatic carbocycles. The summed E-state index contributed by atoms with van der Waals surface area (Å²) in [5.41, 5.74) is 2.70. The van der Waals surface area contributed by atoms with Crippen LogP contribution >= 0.6 is 11.3 Å². The zero-order valence-corrected chi connectivity index (χ0v) is 18.4. The first-order valence-corrected chi connectivity index (χ1v) is 11.7. The van der Waals surface area contributed by atoms with E-state index in [4.69, 9.17) is 4.42 Å². The second kappa shape index (κ2) is 7.31. The van der Waals surface area contributed by atoms with E-state index in [9.17, 15) is 18.0 Å². The first-order chi connectivity index (χ1) is 15.8. The highest BCUT2D eigenvalue weighted by molar-refractivity contribution is 7.18. The summed E-state index contributed by atoms with van der Waals surface area (Å²) >= 11 is 1.09. The SMILES string of the molecule is O=c1[nH]c2ccc(C[C@@H]3CCC4(C3)CN(c3ncnc5sc(CC(F)(F)F)cc35)C4)cc2o1. The summed E-state index contributed by atoms with van der Waals surface area (Å²) < 4.78 is 43.6. The van der Waals surface area contributed by atoms with Gasteiger partial charge in [0.2, 0.25) is 0 Å². The number of thiophene rings is 1. The standard InChI is InChI=1S/C23H21F3N4O2S/c24-23(25,26)9-15-7-16-19(27-12-28-20(16)33-15)30-10-22(11-30)4-3-14(8-22)5-13-1-2-17-18(6-13)32-21(31)29-17/h1-2,6-7,12,14H,3-5,8-11H2,(H,29,31)/t14-/m0/s1. The fraction of sp³-hybridized carbons (Fsp3) is 0.435. The number of aromatic amines is 1. The number of H-pyrrole nitrogens is 1. The highest BCUT2D eigenvalue weighted by Gasteiger charge is 2.48. The fourth-order valence-electron chi connectivity index (χ4n) is 5.58. The van der Waals surface area contributed by atoms with Crippen LogP contribution in [0.5, 0.6) is 0 Å². The number of hydrogen-bond donors (Lipinski definition) is 1. The lowest BCUT2D eigenvalue weighted by Gasteiger charge is -2.49. The van der Waals surface area contributed by atoms with Crippen LogP contribution in [-0.4, -0.2) is 34.2 Å². The Morgan fingerprint density at radius 1 is 1.24 bits per heavy atom. The van der Waals surface area contributed by atoms with Crippen molar-refractivity contribution in [2.45, 2.75) is 38.3 Å². The molecule has 4 heterocycles. The molecule has 6 rings (SSSR count). The lowest BCUT2D eigenvalue weighted by atomic mass is 9.77. The minimum atomic E-state index is -4.23. The molecule has 1 aliphatic heterocycles. The van der Waals surface area contributed by atoms with Crippen LogP contribution in [0.3, 0.4) is 0 Å².